The summed E-state index contributed by atoms with van der Waals surface area (Å²) in [6.07, 6.45) is 2.45. The van der Waals surface area contributed by atoms with Crippen LogP contribution in [0.2, 0.25) is 0 Å². The number of ether oxygens (including phenoxy) is 1. The molecule has 4 heteroatoms. The van der Waals surface area contributed by atoms with E-state index in [2.05, 4.69) is 5.10 Å². The van der Waals surface area contributed by atoms with Crippen LogP contribution in [-0.4, -0.2) is 16.9 Å². The molecule has 1 heterocycles. The normalized spacial score (nSPS) is 14.8. The Kier molecular flexibility index (Phi) is 2.51. The maximum absolute atomic E-state index is 6.06. The van der Waals surface area contributed by atoms with Crippen molar-refractivity contribution >= 4 is 5.82 Å². The minimum atomic E-state index is 0.601. The second-order valence-electron chi connectivity index (χ2n) is 4.86. The number of hydrogen-bond acceptors (Lipinski definition) is 3. The van der Waals surface area contributed by atoms with Gasteiger partial charge in [0.25, 0.3) is 0 Å². The van der Waals surface area contributed by atoms with Crippen LogP contribution in [0, 0.1) is 6.92 Å². The highest BCUT2D eigenvalue weighted by molar-refractivity contribution is 5.53. The molecule has 1 aliphatic rings. The molecule has 2 aromatic rings. The average molecular weight is 243 g/mol. The zero-order valence-electron chi connectivity index (χ0n) is 10.7. The van der Waals surface area contributed by atoms with Crippen molar-refractivity contribution in [1.82, 2.24) is 9.78 Å². The molecule has 0 spiro atoms. The number of anilines is 1. The second kappa shape index (κ2) is 4.05. The molecule has 2 N–H and O–H groups in total. The molecule has 1 aliphatic carbocycles. The number of nitrogens with zero attached hydrogens (tertiary/aromatic N) is 2. The molecule has 1 fully saturated rings. The van der Waals surface area contributed by atoms with E-state index in [9.17, 15) is 0 Å². The van der Waals surface area contributed by atoms with Gasteiger partial charge in [0.15, 0.2) is 0 Å². The Labute approximate surface area is 106 Å². The Bertz CT molecular complexity index is 585. The molecule has 94 valence electrons. The minimum absolute atomic E-state index is 0.601. The summed E-state index contributed by atoms with van der Waals surface area (Å²) in [4.78, 5) is 0. The summed E-state index contributed by atoms with van der Waals surface area (Å²) < 4.78 is 7.16. The molecule has 0 amide bonds. The highest BCUT2D eigenvalue weighted by atomic mass is 16.5. The standard InChI is InChI=1S/C14H17N3O/c1-9-3-6-13(18-2)12(7-9)17-14(15)8-11(16-17)10-4-5-10/h3,6-8,10H,4-5,15H2,1-2H3. The smallest absolute Gasteiger partial charge is 0.144 e. The highest BCUT2D eigenvalue weighted by Gasteiger charge is 2.27. The summed E-state index contributed by atoms with van der Waals surface area (Å²) in [5.41, 5.74) is 9.22. The molecule has 4 nitrogen and oxygen atoms in total. The van der Waals surface area contributed by atoms with Crippen LogP contribution >= 0.6 is 0 Å². The molecule has 1 saturated carbocycles. The van der Waals surface area contributed by atoms with Gasteiger partial charge < -0.3 is 10.5 Å². The SMILES string of the molecule is COc1ccc(C)cc1-n1nc(C2CC2)cc1N. The van der Waals surface area contributed by atoms with E-state index >= 15 is 0 Å². The molecule has 0 unspecified atom stereocenters. The van der Waals surface area contributed by atoms with Crippen LogP contribution in [0.4, 0.5) is 5.82 Å². The largest absolute Gasteiger partial charge is 0.494 e. The number of aryl methyl sites for hydroxylation is 1. The van der Waals surface area contributed by atoms with Gasteiger partial charge in [-0.25, -0.2) is 4.68 Å². The summed E-state index contributed by atoms with van der Waals surface area (Å²) >= 11 is 0. The Morgan fingerprint density at radius 2 is 2.11 bits per heavy atom. The number of nitrogens with two attached hydrogens (primary N) is 1. The number of rotatable bonds is 3. The van der Waals surface area contributed by atoms with Crippen molar-refractivity contribution in [2.24, 2.45) is 0 Å². The van der Waals surface area contributed by atoms with E-state index in [0.717, 1.165) is 22.7 Å². The second-order valence-corrected chi connectivity index (χ2v) is 4.86. The van der Waals surface area contributed by atoms with Crippen molar-refractivity contribution in [3.8, 4) is 11.4 Å². The lowest BCUT2D eigenvalue weighted by atomic mass is 10.2. The quantitative estimate of drug-likeness (QED) is 0.901. The predicted molar refractivity (Wildman–Crippen MR) is 71.2 cm³/mol. The molecule has 1 aromatic heterocycles. The Hall–Kier alpha value is -1.97. The summed E-state index contributed by atoms with van der Waals surface area (Å²) in [6.45, 7) is 2.05. The van der Waals surface area contributed by atoms with E-state index in [1.807, 2.05) is 31.2 Å². The molecule has 18 heavy (non-hydrogen) atoms. The van der Waals surface area contributed by atoms with E-state index in [1.54, 1.807) is 11.8 Å². The van der Waals surface area contributed by atoms with E-state index in [-0.39, 0.29) is 0 Å². The van der Waals surface area contributed by atoms with Crippen molar-refractivity contribution < 1.29 is 4.74 Å². The zero-order chi connectivity index (χ0) is 12.7. The molecular formula is C14H17N3O. The van der Waals surface area contributed by atoms with Crippen molar-refractivity contribution in [3.63, 3.8) is 0 Å². The van der Waals surface area contributed by atoms with Gasteiger partial charge in [0, 0.05) is 12.0 Å². The zero-order valence-corrected chi connectivity index (χ0v) is 10.7. The van der Waals surface area contributed by atoms with Gasteiger partial charge in [0.1, 0.15) is 17.3 Å². The fraction of sp³-hybridized carbons (Fsp3) is 0.357. The van der Waals surface area contributed by atoms with Crippen LogP contribution in [0.3, 0.4) is 0 Å². The van der Waals surface area contributed by atoms with Gasteiger partial charge in [-0.2, -0.15) is 5.10 Å². The van der Waals surface area contributed by atoms with Gasteiger partial charge in [0.05, 0.1) is 12.8 Å². The van der Waals surface area contributed by atoms with Crippen molar-refractivity contribution in [2.75, 3.05) is 12.8 Å². The minimum Gasteiger partial charge on any atom is -0.494 e. The van der Waals surface area contributed by atoms with E-state index < -0.39 is 0 Å². The number of hydrogen-bond donors (Lipinski definition) is 1. The van der Waals surface area contributed by atoms with Crippen molar-refractivity contribution in [1.29, 1.82) is 0 Å². The first-order valence-corrected chi connectivity index (χ1v) is 6.19. The fourth-order valence-corrected chi connectivity index (χ4v) is 2.15. The Morgan fingerprint density at radius 3 is 2.78 bits per heavy atom. The molecule has 0 bridgehead atoms. The molecule has 0 saturated heterocycles. The van der Waals surface area contributed by atoms with E-state index in [0.29, 0.717) is 11.7 Å². The number of aromatic nitrogens is 2. The third-order valence-corrected chi connectivity index (χ3v) is 3.31. The van der Waals surface area contributed by atoms with E-state index in [1.165, 1.54) is 12.8 Å². The average Bonchev–Trinajstić information content (AvgIpc) is 3.13. The predicted octanol–water partition coefficient (Wildman–Crippen LogP) is 2.65. The van der Waals surface area contributed by atoms with Gasteiger partial charge in [-0.1, -0.05) is 6.07 Å². The van der Waals surface area contributed by atoms with Gasteiger partial charge in [-0.15, -0.1) is 0 Å². The topological polar surface area (TPSA) is 53.1 Å². The lowest BCUT2D eigenvalue weighted by molar-refractivity contribution is 0.411. The lowest BCUT2D eigenvalue weighted by Crippen LogP contribution is -2.04. The van der Waals surface area contributed by atoms with Crippen LogP contribution in [0.15, 0.2) is 24.3 Å². The Balaban J connectivity index is 2.10. The summed E-state index contributed by atoms with van der Waals surface area (Å²) in [5.74, 6) is 2.06. The number of nitrogen functional groups attached to an aromatic ring is 1. The third kappa shape index (κ3) is 1.83. The molecular weight excluding hydrogens is 226 g/mol. The molecule has 1 aromatic carbocycles. The van der Waals surface area contributed by atoms with Crippen molar-refractivity contribution in [3.05, 3.63) is 35.5 Å². The van der Waals surface area contributed by atoms with Crippen LogP contribution in [-0.2, 0) is 0 Å². The van der Waals surface area contributed by atoms with Crippen molar-refractivity contribution in [2.45, 2.75) is 25.7 Å². The van der Waals surface area contributed by atoms with Crippen LogP contribution in [0.1, 0.15) is 30.0 Å². The van der Waals surface area contributed by atoms with Crippen LogP contribution < -0.4 is 10.5 Å². The van der Waals surface area contributed by atoms with Gasteiger partial charge in [0.2, 0.25) is 0 Å². The summed E-state index contributed by atoms with van der Waals surface area (Å²) in [5, 5.41) is 4.60. The summed E-state index contributed by atoms with van der Waals surface area (Å²) in [7, 11) is 1.66. The molecule has 0 atom stereocenters. The lowest BCUT2D eigenvalue weighted by Gasteiger charge is -2.10. The van der Waals surface area contributed by atoms with Gasteiger partial charge in [-0.3, -0.25) is 0 Å². The number of methoxy groups -OCH3 is 1. The fourth-order valence-electron chi connectivity index (χ4n) is 2.15. The molecule has 0 radical (unpaired) electrons. The van der Waals surface area contributed by atoms with Gasteiger partial charge >= 0.3 is 0 Å². The highest BCUT2D eigenvalue weighted by Crippen LogP contribution is 2.40. The Morgan fingerprint density at radius 1 is 1.33 bits per heavy atom. The van der Waals surface area contributed by atoms with Gasteiger partial charge in [-0.05, 0) is 37.5 Å². The van der Waals surface area contributed by atoms with Crippen LogP contribution in [0.5, 0.6) is 5.75 Å². The number of benzene rings is 1. The maximum atomic E-state index is 6.06. The first-order valence-electron chi connectivity index (χ1n) is 6.19. The molecule has 0 aliphatic heterocycles. The first kappa shape index (κ1) is 11.1. The molecule has 3 rings (SSSR count). The third-order valence-electron chi connectivity index (χ3n) is 3.31. The monoisotopic (exact) mass is 243 g/mol. The maximum Gasteiger partial charge on any atom is 0.144 e. The summed E-state index contributed by atoms with van der Waals surface area (Å²) in [6, 6.07) is 7.98. The first-order chi connectivity index (χ1) is 8.69. The van der Waals surface area contributed by atoms with Crippen LogP contribution in [0.25, 0.3) is 5.69 Å². The van der Waals surface area contributed by atoms with E-state index in [4.69, 9.17) is 10.5 Å².